The van der Waals surface area contributed by atoms with Crippen molar-refractivity contribution in [2.24, 2.45) is 5.10 Å². The molecule has 1 amide bonds. The molecule has 29 heavy (non-hydrogen) atoms. The number of aliphatic hydroxyl groups is 1. The predicted octanol–water partition coefficient (Wildman–Crippen LogP) is 2.86. The molecule has 1 aliphatic heterocycles. The lowest BCUT2D eigenvalue weighted by Gasteiger charge is -2.32. The zero-order chi connectivity index (χ0) is 21.2. The Morgan fingerprint density at radius 3 is 2.38 bits per heavy atom. The van der Waals surface area contributed by atoms with Crippen molar-refractivity contribution in [2.45, 2.75) is 18.3 Å². The largest absolute Gasteiger partial charge is 0.484 e. The molecule has 0 aromatic heterocycles. The van der Waals surface area contributed by atoms with Gasteiger partial charge in [0.1, 0.15) is 5.75 Å². The molecule has 0 saturated heterocycles. The molecule has 152 valence electrons. The molecule has 1 heterocycles. The molecular formula is C18H14F3N3O5. The summed E-state index contributed by atoms with van der Waals surface area (Å²) in [6.45, 7) is -0.859. The Morgan fingerprint density at radius 2 is 1.83 bits per heavy atom. The molecule has 3 rings (SSSR count). The highest BCUT2D eigenvalue weighted by molar-refractivity contribution is 6.03. The first-order chi connectivity index (χ1) is 13.6. The fourth-order valence-corrected chi connectivity index (χ4v) is 2.69. The quantitative estimate of drug-likeness (QED) is 0.604. The van der Waals surface area contributed by atoms with Crippen LogP contribution in [0.3, 0.4) is 0 Å². The lowest BCUT2D eigenvalue weighted by atomic mass is 10.0. The summed E-state index contributed by atoms with van der Waals surface area (Å²) in [5.74, 6) is -1.19. The molecule has 0 bridgehead atoms. The van der Waals surface area contributed by atoms with Gasteiger partial charge in [-0.25, -0.2) is 0 Å². The van der Waals surface area contributed by atoms with E-state index < -0.39 is 35.8 Å². The summed E-state index contributed by atoms with van der Waals surface area (Å²) in [6, 6.07) is 12.5. The number of nitro groups is 1. The summed E-state index contributed by atoms with van der Waals surface area (Å²) in [5.41, 5.74) is -3.49. The number of non-ortho nitro benzene ring substituents is 1. The standard InChI is InChI=1S/C18H14F3N3O5/c19-18(20,21)17(26)10-15(12-4-2-1-3-5-12)22-23(17)16(25)11-29-14-8-6-13(7-9-14)24(27)28/h1-9,26H,10-11H2/t17-/m1/s1. The number of halogens is 3. The maximum absolute atomic E-state index is 13.5. The van der Waals surface area contributed by atoms with E-state index in [1.165, 1.54) is 24.3 Å². The third-order valence-corrected chi connectivity index (χ3v) is 4.19. The normalized spacial score (nSPS) is 19.0. The molecule has 0 spiro atoms. The van der Waals surface area contributed by atoms with E-state index in [9.17, 15) is 33.2 Å². The van der Waals surface area contributed by atoms with Gasteiger partial charge in [-0.15, -0.1) is 0 Å². The number of alkyl halides is 3. The maximum Gasteiger partial charge on any atom is 0.438 e. The van der Waals surface area contributed by atoms with Gasteiger partial charge in [0.25, 0.3) is 17.3 Å². The van der Waals surface area contributed by atoms with Gasteiger partial charge < -0.3 is 9.84 Å². The van der Waals surface area contributed by atoms with Crippen molar-refractivity contribution in [1.29, 1.82) is 0 Å². The number of carbonyl (C=O) groups is 1. The molecule has 0 saturated carbocycles. The van der Waals surface area contributed by atoms with Gasteiger partial charge in [0.05, 0.1) is 17.1 Å². The van der Waals surface area contributed by atoms with Crippen molar-refractivity contribution >= 4 is 17.3 Å². The first kappa shape index (κ1) is 20.3. The number of nitro benzene ring substituents is 1. The van der Waals surface area contributed by atoms with Crippen molar-refractivity contribution in [2.75, 3.05) is 6.61 Å². The maximum atomic E-state index is 13.5. The van der Waals surface area contributed by atoms with Crippen LogP contribution in [0.5, 0.6) is 5.75 Å². The van der Waals surface area contributed by atoms with Gasteiger partial charge in [-0.3, -0.25) is 14.9 Å². The summed E-state index contributed by atoms with van der Waals surface area (Å²) in [5, 5.41) is 24.5. The molecule has 2 aromatic rings. The second-order valence-electron chi connectivity index (χ2n) is 6.15. The van der Waals surface area contributed by atoms with E-state index in [1.807, 2.05) is 0 Å². The second kappa shape index (κ2) is 7.51. The number of carbonyl (C=O) groups excluding carboxylic acids is 1. The monoisotopic (exact) mass is 409 g/mol. The van der Waals surface area contributed by atoms with Gasteiger partial charge in [0.2, 0.25) is 0 Å². The van der Waals surface area contributed by atoms with Crippen LogP contribution in [-0.2, 0) is 4.79 Å². The minimum Gasteiger partial charge on any atom is -0.484 e. The molecule has 0 fully saturated rings. The van der Waals surface area contributed by atoms with Crippen LogP contribution in [0, 0.1) is 10.1 Å². The Bertz CT molecular complexity index is 947. The third-order valence-electron chi connectivity index (χ3n) is 4.19. The number of hydrogen-bond donors (Lipinski definition) is 1. The third kappa shape index (κ3) is 4.04. The lowest BCUT2D eigenvalue weighted by Crippen LogP contribution is -2.57. The van der Waals surface area contributed by atoms with Crippen molar-refractivity contribution < 1.29 is 32.7 Å². The summed E-state index contributed by atoms with van der Waals surface area (Å²) in [6.07, 6.45) is -6.08. The number of rotatable bonds is 5. The van der Waals surface area contributed by atoms with Crippen LogP contribution in [0.15, 0.2) is 59.7 Å². The summed E-state index contributed by atoms with van der Waals surface area (Å²) in [7, 11) is 0. The van der Waals surface area contributed by atoms with E-state index in [-0.39, 0.29) is 22.2 Å². The molecule has 2 aromatic carbocycles. The lowest BCUT2D eigenvalue weighted by molar-refractivity contribution is -0.384. The van der Waals surface area contributed by atoms with Gasteiger partial charge in [0.15, 0.2) is 6.61 Å². The smallest absolute Gasteiger partial charge is 0.438 e. The number of ether oxygens (including phenoxy) is 1. The van der Waals surface area contributed by atoms with Crippen LogP contribution in [0.25, 0.3) is 0 Å². The van der Waals surface area contributed by atoms with E-state index in [0.717, 1.165) is 12.1 Å². The van der Waals surface area contributed by atoms with E-state index in [4.69, 9.17) is 4.74 Å². The van der Waals surface area contributed by atoms with E-state index >= 15 is 0 Å². The number of benzene rings is 2. The zero-order valence-electron chi connectivity index (χ0n) is 14.7. The molecule has 11 heteroatoms. The Morgan fingerprint density at radius 1 is 1.21 bits per heavy atom. The SMILES string of the molecule is O=C(COc1ccc([N+](=O)[O-])cc1)N1N=C(c2ccccc2)C[C@@]1(O)C(F)(F)F. The van der Waals surface area contributed by atoms with Gasteiger partial charge in [-0.1, -0.05) is 30.3 Å². The molecule has 8 nitrogen and oxygen atoms in total. The number of hydrazone groups is 1. The fraction of sp³-hybridized carbons (Fsp3) is 0.222. The van der Waals surface area contributed by atoms with Crippen molar-refractivity contribution in [3.63, 3.8) is 0 Å². The Hall–Kier alpha value is -3.47. The Labute approximate surface area is 162 Å². The zero-order valence-corrected chi connectivity index (χ0v) is 14.7. The average Bonchev–Trinajstić information content (AvgIpc) is 3.06. The van der Waals surface area contributed by atoms with Crippen molar-refractivity contribution in [3.05, 3.63) is 70.3 Å². The Kier molecular flexibility index (Phi) is 5.25. The first-order valence-electron chi connectivity index (χ1n) is 8.24. The highest BCUT2D eigenvalue weighted by atomic mass is 19.4. The molecule has 0 radical (unpaired) electrons. The topological polar surface area (TPSA) is 105 Å². The van der Waals surface area contributed by atoms with Gasteiger partial charge >= 0.3 is 6.18 Å². The van der Waals surface area contributed by atoms with Gasteiger partial charge in [0, 0.05) is 12.1 Å². The van der Waals surface area contributed by atoms with E-state index in [1.54, 1.807) is 18.2 Å². The molecule has 1 aliphatic rings. The summed E-state index contributed by atoms with van der Waals surface area (Å²) >= 11 is 0. The molecule has 1 N–H and O–H groups in total. The number of nitrogens with zero attached hydrogens (tertiary/aromatic N) is 3. The highest BCUT2D eigenvalue weighted by Crippen LogP contribution is 2.41. The number of hydrogen-bond acceptors (Lipinski definition) is 6. The second-order valence-corrected chi connectivity index (χ2v) is 6.15. The van der Waals surface area contributed by atoms with Crippen molar-refractivity contribution in [1.82, 2.24) is 5.01 Å². The molecule has 0 unspecified atom stereocenters. The minimum absolute atomic E-state index is 0.0271. The molecular weight excluding hydrogens is 395 g/mol. The average molecular weight is 409 g/mol. The van der Waals surface area contributed by atoms with Crippen LogP contribution >= 0.6 is 0 Å². The van der Waals surface area contributed by atoms with Crippen molar-refractivity contribution in [3.8, 4) is 5.75 Å². The van der Waals surface area contributed by atoms with Crippen LogP contribution in [0.1, 0.15) is 12.0 Å². The fourth-order valence-electron chi connectivity index (χ4n) is 2.69. The highest BCUT2D eigenvalue weighted by Gasteiger charge is 2.63. The van der Waals surface area contributed by atoms with Crippen LogP contribution in [-0.4, -0.2) is 45.2 Å². The van der Waals surface area contributed by atoms with Gasteiger partial charge in [-0.2, -0.15) is 23.3 Å². The van der Waals surface area contributed by atoms with Crippen LogP contribution in [0.2, 0.25) is 0 Å². The summed E-state index contributed by atoms with van der Waals surface area (Å²) in [4.78, 5) is 22.3. The van der Waals surface area contributed by atoms with E-state index in [0.29, 0.717) is 5.56 Å². The first-order valence-corrected chi connectivity index (χ1v) is 8.24. The predicted molar refractivity (Wildman–Crippen MR) is 94.0 cm³/mol. The molecule has 0 aliphatic carbocycles. The minimum atomic E-state index is -5.16. The van der Waals surface area contributed by atoms with Crippen LogP contribution in [0.4, 0.5) is 18.9 Å². The summed E-state index contributed by atoms with van der Waals surface area (Å²) < 4.78 is 45.6. The Balaban J connectivity index is 1.80. The number of amides is 1. The van der Waals surface area contributed by atoms with E-state index in [2.05, 4.69) is 5.10 Å². The molecule has 1 atom stereocenters. The van der Waals surface area contributed by atoms with Gasteiger partial charge in [-0.05, 0) is 17.7 Å². The van der Waals surface area contributed by atoms with Crippen LogP contribution < -0.4 is 4.74 Å².